The fourth-order valence-corrected chi connectivity index (χ4v) is 18.6. The molecule has 0 heterocycles. The molecule has 0 aliphatic heterocycles. The van der Waals surface area contributed by atoms with E-state index in [0.29, 0.717) is 0 Å². The van der Waals surface area contributed by atoms with Crippen molar-refractivity contribution in [2.75, 3.05) is 0 Å². The Morgan fingerprint density at radius 2 is 1.38 bits per heavy atom. The first-order chi connectivity index (χ1) is 7.68. The van der Waals surface area contributed by atoms with E-state index in [1.807, 2.05) is 0 Å². The average molecular weight is 338 g/mol. The fourth-order valence-electron chi connectivity index (χ4n) is 2.88. The Morgan fingerprint density at radius 1 is 0.875 bits per heavy atom. The minimum atomic E-state index is -2.06. The summed E-state index contributed by atoms with van der Waals surface area (Å²) in [6, 6.07) is 0. The van der Waals surface area contributed by atoms with Gasteiger partial charge in [-0.3, -0.25) is 0 Å². The molecule has 0 spiro atoms. The van der Waals surface area contributed by atoms with Gasteiger partial charge in [0.1, 0.15) is 0 Å². The molecule has 2 rings (SSSR count). The molecule has 0 aromatic carbocycles. The number of hydrogen-bond donors (Lipinski definition) is 1. The number of hydrogen-bond acceptors (Lipinski definition) is 2. The first kappa shape index (κ1) is 13.9. The predicted molar refractivity (Wildman–Crippen MR) is 83.6 cm³/mol. The molecule has 4 heteroatoms. The van der Waals surface area contributed by atoms with Crippen LogP contribution in [-0.2, 0) is 0 Å². The minimum absolute atomic E-state index is 0.845. The third kappa shape index (κ3) is 4.00. The number of thiol groups is 1. The summed E-state index contributed by atoms with van der Waals surface area (Å²) in [5, 5.41) is 0.873. The van der Waals surface area contributed by atoms with Crippen LogP contribution in [0.15, 0.2) is 0 Å². The standard InChI is InChI=1S/C12H23AsS3/c14-13(15,11-7-3-1-4-8-11)16-12-9-5-2-6-10-12/h11-12H,1-10H2,(H,14,15). The molecule has 0 amide bonds. The molecule has 2 aliphatic carbocycles. The van der Waals surface area contributed by atoms with Gasteiger partial charge in [-0.05, 0) is 0 Å². The second kappa shape index (κ2) is 6.59. The molecule has 0 nitrogen and oxygen atoms in total. The molecular formula is C12H23AsS3. The molecule has 1 unspecified atom stereocenters. The van der Waals surface area contributed by atoms with E-state index in [2.05, 4.69) is 10.0 Å². The van der Waals surface area contributed by atoms with E-state index in [4.69, 9.17) is 21.3 Å². The molecular weight excluding hydrogens is 315 g/mol. The topological polar surface area (TPSA) is 0 Å². The Labute approximate surface area is 114 Å². The van der Waals surface area contributed by atoms with E-state index < -0.39 is 9.56 Å². The zero-order chi connectivity index (χ0) is 11.4. The normalized spacial score (nSPS) is 28.8. The van der Waals surface area contributed by atoms with E-state index >= 15 is 0 Å². The predicted octanol–water partition coefficient (Wildman–Crippen LogP) is 5.45. The molecule has 0 radical (unpaired) electrons. The molecule has 0 aromatic rings. The third-order valence-corrected chi connectivity index (χ3v) is 19.4. The van der Waals surface area contributed by atoms with Crippen molar-refractivity contribution in [2.45, 2.75) is 74.2 Å². The van der Waals surface area contributed by atoms with Gasteiger partial charge in [0.25, 0.3) is 0 Å². The molecule has 1 atom stereocenters. The Kier molecular flexibility index (Phi) is 5.72. The maximum atomic E-state index is 5.94. The summed E-state index contributed by atoms with van der Waals surface area (Å²) >= 11 is 0. The van der Waals surface area contributed by atoms with Gasteiger partial charge < -0.3 is 0 Å². The van der Waals surface area contributed by atoms with Crippen LogP contribution in [0.1, 0.15) is 64.2 Å². The van der Waals surface area contributed by atoms with Crippen molar-refractivity contribution in [3.05, 3.63) is 0 Å². The second-order valence-corrected chi connectivity index (χ2v) is 24.6. The van der Waals surface area contributed by atoms with Crippen molar-refractivity contribution >= 4 is 40.9 Å². The first-order valence-electron chi connectivity index (χ1n) is 6.69. The van der Waals surface area contributed by atoms with Crippen molar-refractivity contribution in [3.8, 4) is 0 Å². The molecule has 2 fully saturated rings. The zero-order valence-electron chi connectivity index (χ0n) is 9.94. The van der Waals surface area contributed by atoms with Crippen LogP contribution in [0.5, 0.6) is 0 Å². The third-order valence-electron chi connectivity index (χ3n) is 3.89. The van der Waals surface area contributed by atoms with Crippen LogP contribution in [0.4, 0.5) is 0 Å². The quantitative estimate of drug-likeness (QED) is 0.536. The van der Waals surface area contributed by atoms with Gasteiger partial charge in [0.15, 0.2) is 0 Å². The van der Waals surface area contributed by atoms with Gasteiger partial charge in [0, 0.05) is 0 Å². The van der Waals surface area contributed by atoms with E-state index in [1.54, 1.807) is 0 Å². The van der Waals surface area contributed by atoms with Gasteiger partial charge in [-0.1, -0.05) is 0 Å². The van der Waals surface area contributed by atoms with Crippen LogP contribution in [0.25, 0.3) is 0 Å². The molecule has 16 heavy (non-hydrogen) atoms. The van der Waals surface area contributed by atoms with Crippen molar-refractivity contribution in [2.24, 2.45) is 0 Å². The number of rotatable bonds is 3. The fraction of sp³-hybridized carbons (Fsp3) is 1.00. The van der Waals surface area contributed by atoms with Crippen LogP contribution >= 0.6 is 31.3 Å². The average Bonchev–Trinajstić information content (AvgIpc) is 2.31. The van der Waals surface area contributed by atoms with Crippen molar-refractivity contribution in [1.82, 2.24) is 0 Å². The summed E-state index contributed by atoms with van der Waals surface area (Å²) in [6.45, 7) is 0. The van der Waals surface area contributed by atoms with Gasteiger partial charge >= 0.3 is 115 Å². The SMILES string of the molecule is S=[As](S)(SC1CCCCC1)C1CCCCC1. The molecule has 94 valence electrons. The van der Waals surface area contributed by atoms with Crippen LogP contribution < -0.4 is 0 Å². The first-order valence-corrected chi connectivity index (χ1v) is 16.5. The van der Waals surface area contributed by atoms with Gasteiger partial charge in [-0.2, -0.15) is 0 Å². The Hall–Kier alpha value is 1.48. The van der Waals surface area contributed by atoms with Crippen LogP contribution in [-0.4, -0.2) is 14.8 Å². The summed E-state index contributed by atoms with van der Waals surface area (Å²) in [5.74, 6) is 0. The summed E-state index contributed by atoms with van der Waals surface area (Å²) < 4.78 is 0.845. The van der Waals surface area contributed by atoms with Crippen LogP contribution in [0, 0.1) is 0 Å². The van der Waals surface area contributed by atoms with Crippen molar-refractivity contribution in [3.63, 3.8) is 0 Å². The van der Waals surface area contributed by atoms with E-state index in [9.17, 15) is 0 Å². The Balaban J connectivity index is 1.87. The summed E-state index contributed by atoms with van der Waals surface area (Å²) in [7, 11) is 11.1. The Bertz CT molecular complexity index is 255. The molecule has 2 saturated carbocycles. The van der Waals surface area contributed by atoms with Gasteiger partial charge in [-0.25, -0.2) is 0 Å². The molecule has 0 bridgehead atoms. The summed E-state index contributed by atoms with van der Waals surface area (Å²) in [6.07, 6.45) is 14.2. The molecule has 0 N–H and O–H groups in total. The van der Waals surface area contributed by atoms with Gasteiger partial charge in [0.05, 0.1) is 0 Å². The van der Waals surface area contributed by atoms with Gasteiger partial charge in [-0.15, -0.1) is 0 Å². The molecule has 0 aromatic heterocycles. The van der Waals surface area contributed by atoms with Crippen molar-refractivity contribution < 1.29 is 0 Å². The van der Waals surface area contributed by atoms with Gasteiger partial charge in [0.2, 0.25) is 0 Å². The Morgan fingerprint density at radius 3 is 1.94 bits per heavy atom. The maximum absolute atomic E-state index is 5.94. The molecule has 0 saturated heterocycles. The second-order valence-electron chi connectivity index (χ2n) is 5.22. The van der Waals surface area contributed by atoms with Crippen molar-refractivity contribution in [1.29, 1.82) is 0 Å². The zero-order valence-corrected chi connectivity index (χ0v) is 14.3. The molecule has 2 aliphatic rings. The van der Waals surface area contributed by atoms with E-state index in [-0.39, 0.29) is 0 Å². The summed E-state index contributed by atoms with van der Waals surface area (Å²) in [4.78, 5) is 0. The van der Waals surface area contributed by atoms with E-state index in [0.717, 1.165) is 9.96 Å². The summed E-state index contributed by atoms with van der Waals surface area (Å²) in [5.41, 5.74) is 0. The van der Waals surface area contributed by atoms with Crippen LogP contribution in [0.2, 0.25) is 4.71 Å². The van der Waals surface area contributed by atoms with E-state index in [1.165, 1.54) is 64.2 Å². The van der Waals surface area contributed by atoms with Crippen LogP contribution in [0.3, 0.4) is 0 Å². The monoisotopic (exact) mass is 338 g/mol.